The minimum absolute atomic E-state index is 0.171. The fourth-order valence-electron chi connectivity index (χ4n) is 7.49. The Morgan fingerprint density at radius 1 is 0.741 bits per heavy atom. The zero-order valence-electron chi connectivity index (χ0n) is 34.0. The van der Waals surface area contributed by atoms with Crippen LogP contribution >= 0.6 is 0 Å². The first-order valence-electron chi connectivity index (χ1n) is 20.2. The Morgan fingerprint density at radius 3 is 2.21 bits per heavy atom. The van der Waals surface area contributed by atoms with Crippen LogP contribution in [0.5, 0.6) is 0 Å². The molecule has 2 N–H and O–H groups in total. The van der Waals surface area contributed by atoms with Crippen LogP contribution in [-0.4, -0.2) is 11.1 Å². The smallest absolute Gasteiger partial charge is 0.123 e. The van der Waals surface area contributed by atoms with Gasteiger partial charge in [-0.1, -0.05) is 159 Å². The molecule has 290 valence electrons. The van der Waals surface area contributed by atoms with Gasteiger partial charge in [0.1, 0.15) is 5.76 Å². The summed E-state index contributed by atoms with van der Waals surface area (Å²) >= 11 is 0. The van der Waals surface area contributed by atoms with E-state index in [1.165, 1.54) is 26.9 Å². The number of nitrogens with one attached hydrogen (secondary N) is 1. The summed E-state index contributed by atoms with van der Waals surface area (Å²) in [5, 5.41) is 19.6. The van der Waals surface area contributed by atoms with Gasteiger partial charge in [-0.3, -0.25) is 0 Å². The van der Waals surface area contributed by atoms with Crippen LogP contribution in [0.4, 0.5) is 17.1 Å². The summed E-state index contributed by atoms with van der Waals surface area (Å²) in [6, 6.07) is 40.4. The van der Waals surface area contributed by atoms with Crippen molar-refractivity contribution in [3.05, 3.63) is 233 Å². The van der Waals surface area contributed by atoms with Crippen molar-refractivity contribution in [2.45, 2.75) is 46.1 Å². The highest BCUT2D eigenvalue weighted by Gasteiger charge is 2.23. The van der Waals surface area contributed by atoms with Crippen molar-refractivity contribution in [1.29, 1.82) is 0 Å². The average Bonchev–Trinajstić information content (AvgIpc) is 3.25. The predicted molar refractivity (Wildman–Crippen MR) is 253 cm³/mol. The first kappa shape index (κ1) is 40.8. The molecule has 3 heteroatoms. The van der Waals surface area contributed by atoms with E-state index in [2.05, 4.69) is 163 Å². The maximum Gasteiger partial charge on any atom is 0.123 e. The lowest BCUT2D eigenvalue weighted by Gasteiger charge is -2.35. The van der Waals surface area contributed by atoms with Crippen molar-refractivity contribution in [3.8, 4) is 0 Å². The van der Waals surface area contributed by atoms with Crippen LogP contribution in [0.2, 0.25) is 0 Å². The van der Waals surface area contributed by atoms with Crippen LogP contribution in [0, 0.1) is 0 Å². The van der Waals surface area contributed by atoms with E-state index in [-0.39, 0.29) is 11.8 Å². The lowest BCUT2D eigenvalue weighted by Crippen LogP contribution is -2.39. The summed E-state index contributed by atoms with van der Waals surface area (Å²) in [5.41, 5.74) is 8.88. The molecule has 5 aromatic carbocycles. The Labute approximate surface area is 345 Å². The van der Waals surface area contributed by atoms with Gasteiger partial charge in [0.05, 0.1) is 6.04 Å². The van der Waals surface area contributed by atoms with Crippen LogP contribution in [0.25, 0.3) is 34.6 Å². The van der Waals surface area contributed by atoms with Crippen LogP contribution in [0.15, 0.2) is 212 Å². The summed E-state index contributed by atoms with van der Waals surface area (Å²) in [6.07, 6.45) is 29.9. The predicted octanol–water partition coefficient (Wildman–Crippen LogP) is 13.5. The molecule has 58 heavy (non-hydrogen) atoms. The molecule has 2 aliphatic rings. The number of benzene rings is 5. The maximum atomic E-state index is 11.1. The number of fused-ring (bicyclic) bond motifs is 2. The minimum Gasteiger partial charge on any atom is -0.507 e. The topological polar surface area (TPSA) is 35.5 Å². The van der Waals surface area contributed by atoms with Crippen molar-refractivity contribution in [1.82, 2.24) is 0 Å². The summed E-state index contributed by atoms with van der Waals surface area (Å²) < 4.78 is 0. The average molecular weight is 759 g/mol. The van der Waals surface area contributed by atoms with E-state index in [0.29, 0.717) is 5.57 Å². The lowest BCUT2D eigenvalue weighted by molar-refractivity contribution is 0.429. The van der Waals surface area contributed by atoms with Crippen molar-refractivity contribution >= 4 is 51.6 Å². The molecule has 0 fully saturated rings. The third-order valence-corrected chi connectivity index (χ3v) is 10.1. The van der Waals surface area contributed by atoms with Gasteiger partial charge in [0.2, 0.25) is 0 Å². The van der Waals surface area contributed by atoms with Gasteiger partial charge in [-0.25, -0.2) is 0 Å². The third kappa shape index (κ3) is 10.1. The normalized spacial score (nSPS) is 15.5. The summed E-state index contributed by atoms with van der Waals surface area (Å²) in [7, 11) is 0. The molecule has 0 radical (unpaired) electrons. The van der Waals surface area contributed by atoms with E-state index < -0.39 is 0 Å². The minimum atomic E-state index is 0.171. The summed E-state index contributed by atoms with van der Waals surface area (Å²) in [5.74, 6) is 0.171. The second kappa shape index (κ2) is 20.4. The Hall–Kier alpha value is -6.84. The monoisotopic (exact) mass is 758 g/mol. The molecule has 7 rings (SSSR count). The molecule has 1 unspecified atom stereocenters. The van der Waals surface area contributed by atoms with Gasteiger partial charge in [0, 0.05) is 28.3 Å². The molecule has 1 atom stereocenters. The molecular formula is C55H54N2O. The first-order valence-corrected chi connectivity index (χ1v) is 20.2. The number of rotatable bonds is 12. The molecular weight excluding hydrogens is 705 g/mol. The molecule has 0 heterocycles. The molecule has 2 aliphatic carbocycles. The fraction of sp³-hybridized carbons (Fsp3) is 0.127. The second-order valence-electron chi connectivity index (χ2n) is 14.2. The van der Waals surface area contributed by atoms with Gasteiger partial charge in [-0.05, 0) is 132 Å². The lowest BCUT2D eigenvalue weighted by atomic mass is 9.88. The Bertz CT molecular complexity index is 2590. The van der Waals surface area contributed by atoms with E-state index >= 15 is 0 Å². The highest BCUT2D eigenvalue weighted by molar-refractivity contribution is 5.89. The number of anilines is 3. The van der Waals surface area contributed by atoms with Gasteiger partial charge in [-0.15, -0.1) is 0 Å². The molecule has 0 spiro atoms. The van der Waals surface area contributed by atoms with Crippen molar-refractivity contribution < 1.29 is 5.11 Å². The quantitative estimate of drug-likeness (QED) is 0.0982. The number of allylic oxidation sites excluding steroid dienone is 13. The number of hydrogen-bond donors (Lipinski definition) is 2. The number of aliphatic hydroxyl groups excluding tert-OH is 1. The third-order valence-electron chi connectivity index (χ3n) is 10.1. The molecule has 0 saturated heterocycles. The van der Waals surface area contributed by atoms with Gasteiger partial charge >= 0.3 is 0 Å². The number of nitrogens with zero attached hydrogens (tertiary/aromatic N) is 1. The van der Waals surface area contributed by atoms with Crippen LogP contribution in [0.1, 0.15) is 51.2 Å². The van der Waals surface area contributed by atoms with E-state index in [1.807, 2.05) is 63.3 Å². The second-order valence-corrected chi connectivity index (χ2v) is 14.2. The first-order chi connectivity index (χ1) is 28.4. The molecule has 3 nitrogen and oxygen atoms in total. The molecule has 0 bridgehead atoms. The van der Waals surface area contributed by atoms with Crippen molar-refractivity contribution in [2.24, 2.45) is 0 Å². The van der Waals surface area contributed by atoms with E-state index in [1.54, 1.807) is 12.2 Å². The Morgan fingerprint density at radius 2 is 1.48 bits per heavy atom. The summed E-state index contributed by atoms with van der Waals surface area (Å²) in [4.78, 5) is 2.46. The zero-order valence-corrected chi connectivity index (χ0v) is 34.0. The van der Waals surface area contributed by atoms with E-state index in [4.69, 9.17) is 0 Å². The van der Waals surface area contributed by atoms with Crippen LogP contribution in [-0.2, 0) is 0 Å². The largest absolute Gasteiger partial charge is 0.507 e. The number of aliphatic hydroxyl groups is 1. The van der Waals surface area contributed by atoms with Gasteiger partial charge < -0.3 is 15.3 Å². The number of para-hydroxylation sites is 1. The molecule has 0 saturated carbocycles. The molecule has 0 aliphatic heterocycles. The van der Waals surface area contributed by atoms with Crippen molar-refractivity contribution in [3.63, 3.8) is 0 Å². The molecule has 0 amide bonds. The zero-order chi connectivity index (χ0) is 40.7. The summed E-state index contributed by atoms with van der Waals surface area (Å²) in [6.45, 7) is 14.3. The maximum absolute atomic E-state index is 11.1. The van der Waals surface area contributed by atoms with E-state index in [9.17, 15) is 5.11 Å². The molecule has 0 aromatic heterocycles. The molecule has 5 aromatic rings. The van der Waals surface area contributed by atoms with Crippen molar-refractivity contribution in [2.75, 3.05) is 10.2 Å². The Balaban J connectivity index is 0.000000275. The standard InChI is InChI=1S/C39H41NO.C16H13N/c1-6-15-31(16-7-2)39(38(41)18-9-4)29(5)37-26-25-36(28-33(37)17-8-3)40(34-21-11-10-12-22-34)35-24-23-30-19-13-14-20-32(30)27-35;1-2-8-15(9-3-1)17-16-11-10-13-6-4-5-7-14(13)12-16/h6-9,11,13-23,25-28,35,41H,1,5,10,12,24H2,2-4H3;1-12,17H/b16-7-,17-8-,18-9-,31-15+,39-38+;. The van der Waals surface area contributed by atoms with Gasteiger partial charge in [0.25, 0.3) is 0 Å². The number of hydrogen-bond acceptors (Lipinski definition) is 3. The fourth-order valence-corrected chi connectivity index (χ4v) is 7.49. The van der Waals surface area contributed by atoms with Gasteiger partial charge in [0.15, 0.2) is 0 Å². The van der Waals surface area contributed by atoms with Crippen LogP contribution in [0.3, 0.4) is 0 Å². The highest BCUT2D eigenvalue weighted by Crippen LogP contribution is 2.37. The SMILES string of the molecule is C=C/C=C(\C=C/C)C(/C(=C)c1ccc(N(C2=CCCC=C2)C2C=c3ccccc3=CC2)cc1/C=C\C)=C(O)\C=C/C.c1ccc(Nc2ccc3ccccc3c2)cc1. The Kier molecular flexibility index (Phi) is 14.3. The van der Waals surface area contributed by atoms with Gasteiger partial charge in [-0.2, -0.15) is 0 Å². The van der Waals surface area contributed by atoms with E-state index in [0.717, 1.165) is 58.6 Å². The highest BCUT2D eigenvalue weighted by atomic mass is 16.3. The van der Waals surface area contributed by atoms with Crippen LogP contribution < -0.4 is 20.7 Å².